The van der Waals surface area contributed by atoms with Crippen LogP contribution in [0.4, 0.5) is 0 Å². The van der Waals surface area contributed by atoms with Crippen molar-refractivity contribution in [3.05, 3.63) is 64.1 Å². The molecule has 0 amide bonds. The van der Waals surface area contributed by atoms with Gasteiger partial charge >= 0.3 is 0 Å². The molecule has 0 aromatic heterocycles. The first-order chi connectivity index (χ1) is 16.3. The van der Waals surface area contributed by atoms with Crippen LogP contribution in [0.3, 0.4) is 0 Å². The van der Waals surface area contributed by atoms with Gasteiger partial charge in [0.15, 0.2) is 0 Å². The van der Waals surface area contributed by atoms with Gasteiger partial charge in [0.1, 0.15) is 0 Å². The topological polar surface area (TPSA) is 0 Å². The molecular weight excluding hydrogens is 396 g/mol. The van der Waals surface area contributed by atoms with Crippen molar-refractivity contribution in [3.8, 4) is 11.1 Å². The Hall–Kier alpha value is -1.56. The van der Waals surface area contributed by atoms with Crippen LogP contribution >= 0.6 is 0 Å². The summed E-state index contributed by atoms with van der Waals surface area (Å²) in [4.78, 5) is 0. The molecule has 2 aromatic rings. The number of hydrogen-bond donors (Lipinski definition) is 0. The van der Waals surface area contributed by atoms with E-state index in [0.717, 1.165) is 0 Å². The van der Waals surface area contributed by atoms with Crippen LogP contribution in [0.5, 0.6) is 0 Å². The van der Waals surface area contributed by atoms with E-state index in [9.17, 15) is 0 Å². The molecule has 2 aromatic carbocycles. The fourth-order valence-corrected chi connectivity index (χ4v) is 5.84. The Morgan fingerprint density at radius 1 is 0.485 bits per heavy atom. The summed E-state index contributed by atoms with van der Waals surface area (Å²) < 4.78 is 0. The predicted octanol–water partition coefficient (Wildman–Crippen LogP) is 10.2. The van der Waals surface area contributed by atoms with E-state index >= 15 is 0 Å². The fraction of sp³-hybridized carbons (Fsp3) is 0.606. The maximum absolute atomic E-state index is 2.55. The van der Waals surface area contributed by atoms with Gasteiger partial charge in [0.05, 0.1) is 0 Å². The third-order valence-corrected chi connectivity index (χ3v) is 7.64. The van der Waals surface area contributed by atoms with Gasteiger partial charge in [-0.05, 0) is 95.9 Å². The Balaban J connectivity index is 2.17. The quantitative estimate of drug-likeness (QED) is 0.192. The van der Waals surface area contributed by atoms with Crippen LogP contribution in [-0.4, -0.2) is 0 Å². The van der Waals surface area contributed by atoms with Crippen LogP contribution in [0.15, 0.2) is 24.3 Å². The minimum Gasteiger partial charge on any atom is -0.0654 e. The summed E-state index contributed by atoms with van der Waals surface area (Å²) in [5.74, 6) is 0. The summed E-state index contributed by atoms with van der Waals surface area (Å²) in [6.07, 6.45) is 23.6. The molecule has 0 unspecified atom stereocenters. The minimum absolute atomic E-state index is 1.26. The first-order valence-electron chi connectivity index (χ1n) is 14.4. The van der Waals surface area contributed by atoms with Gasteiger partial charge in [0, 0.05) is 6.42 Å². The molecule has 0 bridgehead atoms. The molecule has 1 aliphatic rings. The second kappa shape index (κ2) is 14.0. The van der Waals surface area contributed by atoms with Gasteiger partial charge in [0.25, 0.3) is 0 Å². The third-order valence-electron chi connectivity index (χ3n) is 7.64. The van der Waals surface area contributed by atoms with Gasteiger partial charge in [-0.15, -0.1) is 0 Å². The lowest BCUT2D eigenvalue weighted by Gasteiger charge is -2.25. The summed E-state index contributed by atoms with van der Waals surface area (Å²) in [5.41, 5.74) is 13.2. The normalized spacial score (nSPS) is 12.2. The Morgan fingerprint density at radius 3 is 1.48 bits per heavy atom. The summed E-state index contributed by atoms with van der Waals surface area (Å²) in [6.45, 7) is 9.35. The predicted molar refractivity (Wildman–Crippen MR) is 147 cm³/mol. The Morgan fingerprint density at radius 2 is 0.939 bits per heavy atom. The molecule has 0 N–H and O–H groups in total. The van der Waals surface area contributed by atoms with E-state index in [1.165, 1.54) is 114 Å². The first kappa shape index (κ1) is 26.1. The minimum atomic E-state index is 1.26. The van der Waals surface area contributed by atoms with Gasteiger partial charge in [0.2, 0.25) is 0 Å². The molecule has 0 heterocycles. The molecule has 0 heteroatoms. The molecule has 0 fully saturated rings. The average molecular weight is 446 g/mol. The Bertz CT molecular complexity index is 857. The molecule has 0 saturated heterocycles. The largest absolute Gasteiger partial charge is 0.0654 e. The molecule has 0 saturated carbocycles. The van der Waals surface area contributed by atoms with Gasteiger partial charge in [-0.2, -0.15) is 0 Å². The van der Waals surface area contributed by atoms with Crippen LogP contribution in [0.2, 0.25) is 0 Å². The van der Waals surface area contributed by atoms with E-state index in [0.29, 0.717) is 0 Å². The zero-order valence-corrected chi connectivity index (χ0v) is 22.2. The van der Waals surface area contributed by atoms with Gasteiger partial charge in [-0.25, -0.2) is 0 Å². The summed E-state index contributed by atoms with van der Waals surface area (Å²) in [6, 6.07) is 9.21. The van der Waals surface area contributed by atoms with Gasteiger partial charge in [-0.3, -0.25) is 0 Å². The number of hydrogen-bond acceptors (Lipinski definition) is 0. The van der Waals surface area contributed by atoms with Crippen LogP contribution < -0.4 is 0 Å². The van der Waals surface area contributed by atoms with Crippen LogP contribution in [0.25, 0.3) is 11.1 Å². The molecule has 0 atom stereocenters. The molecule has 1 radical (unpaired) electrons. The molecule has 181 valence electrons. The fourth-order valence-electron chi connectivity index (χ4n) is 5.84. The van der Waals surface area contributed by atoms with Crippen LogP contribution in [0, 0.1) is 6.42 Å². The van der Waals surface area contributed by atoms with Crippen molar-refractivity contribution in [1.82, 2.24) is 0 Å². The molecule has 3 rings (SSSR count). The Kier molecular flexibility index (Phi) is 11.0. The van der Waals surface area contributed by atoms with Crippen molar-refractivity contribution in [2.75, 3.05) is 0 Å². The third kappa shape index (κ3) is 6.52. The van der Waals surface area contributed by atoms with E-state index < -0.39 is 0 Å². The number of fused-ring (bicyclic) bond motifs is 3. The Labute approximate surface area is 205 Å². The molecule has 0 spiro atoms. The molecule has 33 heavy (non-hydrogen) atoms. The number of rotatable bonds is 16. The average Bonchev–Trinajstić information content (AvgIpc) is 3.21. The van der Waals surface area contributed by atoms with Gasteiger partial charge in [-0.1, -0.05) is 103 Å². The molecule has 0 aliphatic heterocycles. The van der Waals surface area contributed by atoms with Crippen molar-refractivity contribution in [3.63, 3.8) is 0 Å². The summed E-state index contributed by atoms with van der Waals surface area (Å²) in [5, 5.41) is 0. The monoisotopic (exact) mass is 445 g/mol. The lowest BCUT2D eigenvalue weighted by atomic mass is 9.79. The number of unbranched alkanes of at least 4 members (excludes halogenated alkanes) is 8. The first-order valence-corrected chi connectivity index (χ1v) is 14.4. The highest BCUT2D eigenvalue weighted by atomic mass is 14.3. The zero-order chi connectivity index (χ0) is 23.5. The smallest absolute Gasteiger partial charge is 0.0214 e. The molecule has 1 aliphatic carbocycles. The van der Waals surface area contributed by atoms with Crippen LogP contribution in [0.1, 0.15) is 138 Å². The van der Waals surface area contributed by atoms with Crippen molar-refractivity contribution in [2.45, 2.75) is 130 Å². The standard InChI is InChI=1S/C33H49/c1-5-9-13-21-28-29(22-14-10-6-2)31(24-16-12-8-4)33-27-20-18-17-19-26(27)25-32(33)30(28)23-15-11-7-3/h17-20,25H,5-16,21-24H2,1-4H3. The lowest BCUT2D eigenvalue weighted by molar-refractivity contribution is 0.666. The lowest BCUT2D eigenvalue weighted by Crippen LogP contribution is -2.11. The van der Waals surface area contributed by atoms with Crippen molar-refractivity contribution in [2.24, 2.45) is 0 Å². The summed E-state index contributed by atoms with van der Waals surface area (Å²) >= 11 is 0. The summed E-state index contributed by atoms with van der Waals surface area (Å²) in [7, 11) is 0. The molecule has 0 nitrogen and oxygen atoms in total. The van der Waals surface area contributed by atoms with E-state index in [1.807, 2.05) is 0 Å². The van der Waals surface area contributed by atoms with E-state index in [1.54, 1.807) is 33.4 Å². The van der Waals surface area contributed by atoms with Crippen LogP contribution in [-0.2, 0) is 25.7 Å². The van der Waals surface area contributed by atoms with E-state index in [-0.39, 0.29) is 0 Å². The van der Waals surface area contributed by atoms with Crippen molar-refractivity contribution >= 4 is 0 Å². The van der Waals surface area contributed by atoms with Gasteiger partial charge < -0.3 is 0 Å². The molecular formula is C33H49. The SMILES string of the molecule is CCCCCc1c2c(c(CCCCC)c(CCCCC)c1CCCCC)-c1ccccc1[CH]2. The number of benzene rings is 2. The van der Waals surface area contributed by atoms with E-state index in [4.69, 9.17) is 0 Å². The van der Waals surface area contributed by atoms with E-state index in [2.05, 4.69) is 58.4 Å². The maximum atomic E-state index is 2.55. The van der Waals surface area contributed by atoms with Crippen molar-refractivity contribution in [1.29, 1.82) is 0 Å². The highest BCUT2D eigenvalue weighted by Crippen LogP contribution is 2.46. The second-order valence-electron chi connectivity index (χ2n) is 10.3. The van der Waals surface area contributed by atoms with Crippen molar-refractivity contribution < 1.29 is 0 Å². The highest BCUT2D eigenvalue weighted by Gasteiger charge is 2.29. The highest BCUT2D eigenvalue weighted by molar-refractivity contribution is 5.86. The maximum Gasteiger partial charge on any atom is 0.0214 e. The second-order valence-corrected chi connectivity index (χ2v) is 10.3. The zero-order valence-electron chi connectivity index (χ0n) is 22.2.